The highest BCUT2D eigenvalue weighted by atomic mass is 16.5. The van der Waals surface area contributed by atoms with E-state index in [9.17, 15) is 4.79 Å². The van der Waals surface area contributed by atoms with E-state index in [1.54, 1.807) is 26.0 Å². The van der Waals surface area contributed by atoms with Gasteiger partial charge in [-0.3, -0.25) is 4.79 Å². The Morgan fingerprint density at radius 3 is 2.50 bits per heavy atom. The van der Waals surface area contributed by atoms with Crippen LogP contribution < -0.4 is 10.1 Å². The molecule has 0 radical (unpaired) electrons. The zero-order chi connectivity index (χ0) is 18.7. The summed E-state index contributed by atoms with van der Waals surface area (Å²) < 4.78 is 16.3. The van der Waals surface area contributed by atoms with Crippen molar-refractivity contribution in [1.82, 2.24) is 5.16 Å². The second-order valence-electron chi connectivity index (χ2n) is 6.43. The maximum Gasteiger partial charge on any atom is 0.291 e. The van der Waals surface area contributed by atoms with Crippen LogP contribution in [0.4, 0.5) is 5.69 Å². The first-order valence-corrected chi connectivity index (χ1v) is 8.49. The van der Waals surface area contributed by atoms with Gasteiger partial charge < -0.3 is 19.0 Å². The van der Waals surface area contributed by atoms with Crippen molar-refractivity contribution in [3.63, 3.8) is 0 Å². The molecular formula is C20H22N2O4. The molecule has 26 heavy (non-hydrogen) atoms. The predicted octanol–water partition coefficient (Wildman–Crippen LogP) is 4.84. The molecule has 0 saturated heterocycles. The number of carbonyl (C=O) groups is 1. The fraction of sp³-hybridized carbons (Fsp3) is 0.300. The largest absolute Gasteiger partial charge is 0.486 e. The summed E-state index contributed by atoms with van der Waals surface area (Å²) in [7, 11) is 0. The first-order valence-electron chi connectivity index (χ1n) is 8.49. The quantitative estimate of drug-likeness (QED) is 0.685. The molecule has 0 atom stereocenters. The number of nitrogens with one attached hydrogen (secondary N) is 1. The zero-order valence-electron chi connectivity index (χ0n) is 15.3. The van der Waals surface area contributed by atoms with E-state index in [1.807, 2.05) is 24.3 Å². The molecule has 136 valence electrons. The molecule has 3 aromatic rings. The second-order valence-corrected chi connectivity index (χ2v) is 6.43. The van der Waals surface area contributed by atoms with E-state index in [0.717, 1.165) is 5.75 Å². The van der Waals surface area contributed by atoms with Crippen LogP contribution in [0.25, 0.3) is 0 Å². The van der Waals surface area contributed by atoms with E-state index < -0.39 is 0 Å². The Balaban J connectivity index is 1.60. The van der Waals surface area contributed by atoms with Gasteiger partial charge in [-0.2, -0.15) is 0 Å². The van der Waals surface area contributed by atoms with Gasteiger partial charge in [0.2, 0.25) is 0 Å². The number of anilines is 1. The molecule has 0 bridgehead atoms. The number of rotatable bonds is 6. The first kappa shape index (κ1) is 17.8. The minimum absolute atomic E-state index is 0.207. The number of benzene rings is 1. The summed E-state index contributed by atoms with van der Waals surface area (Å²) in [5, 5.41) is 6.56. The van der Waals surface area contributed by atoms with Gasteiger partial charge in [0, 0.05) is 0 Å². The molecule has 0 fully saturated rings. The van der Waals surface area contributed by atoms with Crippen LogP contribution in [0.2, 0.25) is 0 Å². The van der Waals surface area contributed by atoms with E-state index in [1.165, 1.54) is 5.56 Å². The van der Waals surface area contributed by atoms with Crippen LogP contribution in [0.15, 0.2) is 45.3 Å². The first-order chi connectivity index (χ1) is 12.4. The molecule has 0 saturated carbocycles. The van der Waals surface area contributed by atoms with Crippen LogP contribution in [0.3, 0.4) is 0 Å². The smallest absolute Gasteiger partial charge is 0.291 e. The third-order valence-corrected chi connectivity index (χ3v) is 4.09. The monoisotopic (exact) mass is 354 g/mol. The Bertz CT molecular complexity index is 871. The Labute approximate surface area is 152 Å². The molecule has 0 aliphatic carbocycles. The van der Waals surface area contributed by atoms with Crippen molar-refractivity contribution in [1.29, 1.82) is 0 Å². The highest BCUT2D eigenvalue weighted by Gasteiger charge is 2.16. The van der Waals surface area contributed by atoms with E-state index in [4.69, 9.17) is 13.7 Å². The third-order valence-electron chi connectivity index (χ3n) is 4.09. The Kier molecular flexibility index (Phi) is 5.11. The van der Waals surface area contributed by atoms with Crippen molar-refractivity contribution in [3.05, 3.63) is 64.9 Å². The lowest BCUT2D eigenvalue weighted by atomic mass is 10.0. The number of furan rings is 1. The van der Waals surface area contributed by atoms with Crippen molar-refractivity contribution in [2.24, 2.45) is 0 Å². The molecule has 1 N–H and O–H groups in total. The van der Waals surface area contributed by atoms with Crippen molar-refractivity contribution in [2.75, 3.05) is 5.32 Å². The normalized spacial score (nSPS) is 11.0. The third kappa shape index (κ3) is 3.96. The summed E-state index contributed by atoms with van der Waals surface area (Å²) in [5.41, 5.74) is 2.44. The highest BCUT2D eigenvalue weighted by Crippen LogP contribution is 2.22. The summed E-state index contributed by atoms with van der Waals surface area (Å²) in [5.74, 6) is 2.21. The van der Waals surface area contributed by atoms with Crippen molar-refractivity contribution in [3.8, 4) is 5.75 Å². The minimum Gasteiger partial charge on any atom is -0.486 e. The van der Waals surface area contributed by atoms with Gasteiger partial charge >= 0.3 is 0 Å². The molecule has 1 aromatic carbocycles. The number of hydrogen-bond acceptors (Lipinski definition) is 5. The molecule has 1 amide bonds. The molecule has 0 unspecified atom stereocenters. The number of amides is 1. The van der Waals surface area contributed by atoms with Gasteiger partial charge in [0.15, 0.2) is 11.5 Å². The Morgan fingerprint density at radius 1 is 1.15 bits per heavy atom. The lowest BCUT2D eigenvalue weighted by Crippen LogP contribution is -2.12. The van der Waals surface area contributed by atoms with E-state index in [2.05, 4.69) is 24.3 Å². The van der Waals surface area contributed by atoms with Crippen molar-refractivity contribution in [2.45, 2.75) is 40.2 Å². The van der Waals surface area contributed by atoms with Crippen LogP contribution in [-0.4, -0.2) is 11.1 Å². The molecule has 0 aliphatic rings. The van der Waals surface area contributed by atoms with Crippen molar-refractivity contribution < 1.29 is 18.5 Å². The van der Waals surface area contributed by atoms with Crippen LogP contribution in [0, 0.1) is 13.8 Å². The molecule has 0 spiro atoms. The summed E-state index contributed by atoms with van der Waals surface area (Å²) in [6, 6.07) is 11.3. The number of hydrogen-bond donors (Lipinski definition) is 1. The lowest BCUT2D eigenvalue weighted by Gasteiger charge is -2.08. The van der Waals surface area contributed by atoms with Gasteiger partial charge in [-0.15, -0.1) is 0 Å². The summed E-state index contributed by atoms with van der Waals surface area (Å²) in [6.45, 7) is 8.04. The standard InChI is InChI=1S/C20H22N2O4/c1-12(2)15-5-7-16(8-6-15)24-11-17-9-10-18(25-17)20(23)21-19-13(3)22-26-14(19)4/h5-10,12H,11H2,1-4H3,(H,21,23). The average Bonchev–Trinajstić information content (AvgIpc) is 3.22. The number of ether oxygens (including phenoxy) is 1. The molecule has 6 nitrogen and oxygen atoms in total. The summed E-state index contributed by atoms with van der Waals surface area (Å²) in [6.07, 6.45) is 0. The van der Waals surface area contributed by atoms with Crippen LogP contribution in [0.1, 0.15) is 53.1 Å². The van der Waals surface area contributed by atoms with Crippen LogP contribution >= 0.6 is 0 Å². The number of aryl methyl sites for hydroxylation is 2. The van der Waals surface area contributed by atoms with Gasteiger partial charge in [-0.1, -0.05) is 31.1 Å². The predicted molar refractivity (Wildman–Crippen MR) is 97.5 cm³/mol. The number of carbonyl (C=O) groups excluding carboxylic acids is 1. The molecule has 3 rings (SSSR count). The molecule has 0 aliphatic heterocycles. The SMILES string of the molecule is Cc1noc(C)c1NC(=O)c1ccc(COc2ccc(C(C)C)cc2)o1. The Morgan fingerprint density at radius 2 is 1.88 bits per heavy atom. The Hall–Kier alpha value is -3.02. The van der Waals surface area contributed by atoms with Gasteiger partial charge in [-0.05, 0) is 49.6 Å². The van der Waals surface area contributed by atoms with Gasteiger partial charge in [-0.25, -0.2) is 0 Å². The zero-order valence-corrected chi connectivity index (χ0v) is 15.3. The molecule has 2 heterocycles. The molecular weight excluding hydrogens is 332 g/mol. The summed E-state index contributed by atoms with van der Waals surface area (Å²) >= 11 is 0. The molecule has 2 aromatic heterocycles. The average molecular weight is 354 g/mol. The summed E-state index contributed by atoms with van der Waals surface area (Å²) in [4.78, 5) is 12.3. The minimum atomic E-state index is -0.355. The van der Waals surface area contributed by atoms with Gasteiger partial charge in [0.05, 0.1) is 0 Å². The fourth-order valence-corrected chi connectivity index (χ4v) is 2.52. The second kappa shape index (κ2) is 7.47. The van der Waals surface area contributed by atoms with Gasteiger partial charge in [0.1, 0.15) is 29.5 Å². The number of nitrogens with zero attached hydrogens (tertiary/aromatic N) is 1. The highest BCUT2D eigenvalue weighted by molar-refractivity contribution is 6.02. The topological polar surface area (TPSA) is 77.5 Å². The lowest BCUT2D eigenvalue weighted by molar-refractivity contribution is 0.0992. The van der Waals surface area contributed by atoms with E-state index >= 15 is 0 Å². The fourth-order valence-electron chi connectivity index (χ4n) is 2.52. The van der Waals surface area contributed by atoms with Crippen molar-refractivity contribution >= 4 is 11.6 Å². The number of aromatic nitrogens is 1. The van der Waals surface area contributed by atoms with Crippen LogP contribution in [0.5, 0.6) is 5.75 Å². The van der Waals surface area contributed by atoms with Crippen LogP contribution in [-0.2, 0) is 6.61 Å². The maximum absolute atomic E-state index is 12.3. The van der Waals surface area contributed by atoms with Gasteiger partial charge in [0.25, 0.3) is 5.91 Å². The van der Waals surface area contributed by atoms with E-state index in [-0.39, 0.29) is 18.3 Å². The maximum atomic E-state index is 12.3. The van der Waals surface area contributed by atoms with E-state index in [0.29, 0.717) is 28.8 Å². The molecule has 6 heteroatoms.